The van der Waals surface area contributed by atoms with Gasteiger partial charge in [-0.1, -0.05) is 31.4 Å². The van der Waals surface area contributed by atoms with E-state index in [9.17, 15) is 4.79 Å². The smallest absolute Gasteiger partial charge is 0.486 e. The van der Waals surface area contributed by atoms with E-state index in [1.54, 1.807) is 19.1 Å². The van der Waals surface area contributed by atoms with Crippen LogP contribution in [0.25, 0.3) is 0 Å². The molecule has 0 radical (unpaired) electrons. The van der Waals surface area contributed by atoms with Gasteiger partial charge in [0.25, 0.3) is 0 Å². The van der Waals surface area contributed by atoms with Gasteiger partial charge in [-0.3, -0.25) is 4.79 Å². The fraction of sp³-hybridized carbons (Fsp3) is 0.522. The van der Waals surface area contributed by atoms with Gasteiger partial charge in [0.2, 0.25) is 0 Å². The summed E-state index contributed by atoms with van der Waals surface area (Å²) in [5.74, 6) is 0.283. The van der Waals surface area contributed by atoms with Gasteiger partial charge in [-0.2, -0.15) is 0 Å². The van der Waals surface area contributed by atoms with Crippen molar-refractivity contribution in [2.24, 2.45) is 0 Å². The zero-order valence-corrected chi connectivity index (χ0v) is 18.9. The van der Waals surface area contributed by atoms with Crippen molar-refractivity contribution < 1.29 is 23.6 Å². The Labute approximate surface area is 176 Å². The van der Waals surface area contributed by atoms with Crippen LogP contribution in [0.15, 0.2) is 60.3 Å². The summed E-state index contributed by atoms with van der Waals surface area (Å²) in [5, 5.41) is 0. The Morgan fingerprint density at radius 3 is 2.28 bits per heavy atom. The Hall–Kier alpha value is -2.05. The van der Waals surface area contributed by atoms with Crippen LogP contribution in [0, 0.1) is 0 Å². The number of esters is 1. The van der Waals surface area contributed by atoms with E-state index in [1.165, 1.54) is 0 Å². The predicted molar refractivity (Wildman–Crippen MR) is 118 cm³/mol. The first-order valence-electron chi connectivity index (χ1n) is 10.0. The van der Waals surface area contributed by atoms with Gasteiger partial charge in [0.05, 0.1) is 24.2 Å². The molecule has 0 amide bonds. The molecule has 29 heavy (non-hydrogen) atoms. The number of hydrogen-bond acceptors (Lipinski definition) is 5. The number of carbonyl (C=O) groups is 1. The number of hydrogen-bond donors (Lipinski definition) is 0. The summed E-state index contributed by atoms with van der Waals surface area (Å²) in [6.07, 6.45) is 8.80. The Bertz CT molecular complexity index is 684. The molecule has 5 nitrogen and oxygen atoms in total. The summed E-state index contributed by atoms with van der Waals surface area (Å²) in [4.78, 5) is 11.8. The van der Waals surface area contributed by atoms with Crippen LogP contribution in [0.3, 0.4) is 0 Å². The normalized spacial score (nSPS) is 19.9. The maximum Gasteiger partial charge on any atom is 0.494 e. The highest BCUT2D eigenvalue weighted by molar-refractivity contribution is 6.55. The minimum atomic E-state index is -0.499. The second kappa shape index (κ2) is 10.7. The molecule has 0 saturated carbocycles. The van der Waals surface area contributed by atoms with Crippen molar-refractivity contribution in [3.05, 3.63) is 60.3 Å². The lowest BCUT2D eigenvalue weighted by Crippen LogP contribution is -2.41. The van der Waals surface area contributed by atoms with Gasteiger partial charge in [-0.25, -0.2) is 0 Å². The SMILES string of the molecule is C=C/C=C(O[C@@H](C)/C=C\C(=C)B1OC(C)(C)C(C)(C)O1)\C(=C/C)CC(=O)OCC. The monoisotopic (exact) mass is 402 g/mol. The number of rotatable bonds is 10. The molecule has 0 aromatic carbocycles. The molecular weight excluding hydrogens is 367 g/mol. The van der Waals surface area contributed by atoms with E-state index in [1.807, 2.05) is 59.8 Å². The molecule has 160 valence electrons. The summed E-state index contributed by atoms with van der Waals surface area (Å²) < 4.78 is 23.1. The van der Waals surface area contributed by atoms with Crippen LogP contribution < -0.4 is 0 Å². The second-order valence-corrected chi connectivity index (χ2v) is 7.91. The molecule has 0 bridgehead atoms. The van der Waals surface area contributed by atoms with E-state index in [0.29, 0.717) is 17.8 Å². The fourth-order valence-corrected chi connectivity index (χ4v) is 2.60. The van der Waals surface area contributed by atoms with Gasteiger partial charge in [0.15, 0.2) is 0 Å². The quantitative estimate of drug-likeness (QED) is 0.220. The second-order valence-electron chi connectivity index (χ2n) is 7.91. The van der Waals surface area contributed by atoms with Crippen molar-refractivity contribution >= 4 is 13.1 Å². The zero-order chi connectivity index (χ0) is 22.2. The minimum absolute atomic E-state index is 0.140. The molecule has 0 aromatic rings. The fourth-order valence-electron chi connectivity index (χ4n) is 2.60. The van der Waals surface area contributed by atoms with E-state index in [-0.39, 0.29) is 18.5 Å². The van der Waals surface area contributed by atoms with Gasteiger partial charge in [-0.15, -0.1) is 0 Å². The Morgan fingerprint density at radius 1 is 1.21 bits per heavy atom. The molecule has 1 aliphatic rings. The maximum absolute atomic E-state index is 11.8. The molecule has 0 spiro atoms. The highest BCUT2D eigenvalue weighted by Crippen LogP contribution is 2.38. The van der Waals surface area contributed by atoms with Gasteiger partial charge in [0, 0.05) is 5.57 Å². The van der Waals surface area contributed by atoms with Gasteiger partial charge in [-0.05, 0) is 66.1 Å². The van der Waals surface area contributed by atoms with Crippen molar-refractivity contribution in [2.75, 3.05) is 6.61 Å². The Morgan fingerprint density at radius 2 is 1.79 bits per heavy atom. The molecule has 1 saturated heterocycles. The van der Waals surface area contributed by atoms with Crippen LogP contribution in [0.1, 0.15) is 54.9 Å². The van der Waals surface area contributed by atoms with Crippen LogP contribution in [0.2, 0.25) is 0 Å². The first-order chi connectivity index (χ1) is 13.5. The summed E-state index contributed by atoms with van der Waals surface area (Å²) in [7, 11) is -0.499. The molecule has 1 aliphatic heterocycles. The molecule has 0 unspecified atom stereocenters. The molecule has 0 N–H and O–H groups in total. The first-order valence-corrected chi connectivity index (χ1v) is 10.0. The van der Waals surface area contributed by atoms with Gasteiger partial charge >= 0.3 is 13.1 Å². The predicted octanol–water partition coefficient (Wildman–Crippen LogP) is 5.10. The van der Waals surface area contributed by atoms with Crippen LogP contribution in [0.5, 0.6) is 0 Å². The number of carbonyl (C=O) groups excluding carboxylic acids is 1. The third-order valence-corrected chi connectivity index (χ3v) is 5.02. The van der Waals surface area contributed by atoms with Crippen molar-refractivity contribution in [3.8, 4) is 0 Å². The maximum atomic E-state index is 11.8. The third kappa shape index (κ3) is 7.05. The summed E-state index contributed by atoms with van der Waals surface area (Å²) >= 11 is 0. The van der Waals surface area contributed by atoms with Crippen molar-refractivity contribution in [1.29, 1.82) is 0 Å². The molecule has 0 aliphatic carbocycles. The highest BCUT2D eigenvalue weighted by Gasteiger charge is 2.51. The largest absolute Gasteiger partial charge is 0.494 e. The van der Waals surface area contributed by atoms with Crippen molar-refractivity contribution in [1.82, 2.24) is 0 Å². The molecule has 1 heterocycles. The van der Waals surface area contributed by atoms with E-state index < -0.39 is 18.3 Å². The molecule has 1 rings (SSSR count). The highest BCUT2D eigenvalue weighted by atomic mass is 16.7. The van der Waals surface area contributed by atoms with Crippen molar-refractivity contribution in [3.63, 3.8) is 0 Å². The van der Waals surface area contributed by atoms with E-state index in [2.05, 4.69) is 13.2 Å². The van der Waals surface area contributed by atoms with Crippen LogP contribution in [-0.2, 0) is 23.6 Å². The Balaban J connectivity index is 2.78. The van der Waals surface area contributed by atoms with E-state index >= 15 is 0 Å². The van der Waals surface area contributed by atoms with Gasteiger partial charge in [0.1, 0.15) is 11.9 Å². The van der Waals surface area contributed by atoms with Crippen molar-refractivity contribution in [2.45, 2.75) is 72.2 Å². The zero-order valence-electron chi connectivity index (χ0n) is 18.9. The number of ether oxygens (including phenoxy) is 2. The van der Waals surface area contributed by atoms with E-state index in [0.717, 1.165) is 5.57 Å². The van der Waals surface area contributed by atoms with Gasteiger partial charge < -0.3 is 18.8 Å². The molecule has 0 aromatic heterocycles. The first kappa shape index (κ1) is 25.0. The average Bonchev–Trinajstić information content (AvgIpc) is 2.85. The number of allylic oxidation sites excluding steroid dienone is 6. The standard InChI is InChI=1S/C23H35BO5/c1-10-13-20(19(11-2)16-21(25)26-12-3)27-18(5)15-14-17(4)24-28-22(6,7)23(8,9)29-24/h10-11,13-15,18H,1,4,12,16H2,2-3,5-9H3/b15-14-,19-11-,20-13+/t18-/m0/s1. The molecule has 6 heteroatoms. The average molecular weight is 402 g/mol. The summed E-state index contributed by atoms with van der Waals surface area (Å²) in [6.45, 7) is 21.7. The topological polar surface area (TPSA) is 54.0 Å². The lowest BCUT2D eigenvalue weighted by Gasteiger charge is -2.32. The molecular formula is C23H35BO5. The van der Waals surface area contributed by atoms with Crippen LogP contribution in [0.4, 0.5) is 0 Å². The van der Waals surface area contributed by atoms with E-state index in [4.69, 9.17) is 18.8 Å². The van der Waals surface area contributed by atoms with Crippen LogP contribution >= 0.6 is 0 Å². The Kier molecular flexibility index (Phi) is 9.18. The lowest BCUT2D eigenvalue weighted by molar-refractivity contribution is -0.142. The lowest BCUT2D eigenvalue weighted by atomic mass is 9.79. The summed E-state index contributed by atoms with van der Waals surface area (Å²) in [6, 6.07) is 0. The van der Waals surface area contributed by atoms with Crippen LogP contribution in [-0.4, -0.2) is 37.0 Å². The molecule has 1 atom stereocenters. The minimum Gasteiger partial charge on any atom is -0.486 e. The summed E-state index contributed by atoms with van der Waals surface area (Å²) in [5.41, 5.74) is 0.633. The molecule has 1 fully saturated rings. The third-order valence-electron chi connectivity index (χ3n) is 5.02.